The van der Waals surface area contributed by atoms with E-state index < -0.39 is 5.92 Å². The summed E-state index contributed by atoms with van der Waals surface area (Å²) in [4.78, 5) is 27.0. The first-order valence-electron chi connectivity index (χ1n) is 9.74. The number of carbonyl (C=O) groups excluding carboxylic acids is 2. The van der Waals surface area contributed by atoms with E-state index in [1.807, 2.05) is 36.4 Å². The van der Waals surface area contributed by atoms with E-state index >= 15 is 0 Å². The summed E-state index contributed by atoms with van der Waals surface area (Å²) in [6.45, 7) is 1.17. The number of para-hydroxylation sites is 1. The van der Waals surface area contributed by atoms with Crippen molar-refractivity contribution in [3.63, 3.8) is 0 Å². The minimum absolute atomic E-state index is 0.164. The largest absolute Gasteiger partial charge is 0.495 e. The van der Waals surface area contributed by atoms with Crippen molar-refractivity contribution in [1.82, 2.24) is 5.32 Å². The van der Waals surface area contributed by atoms with Gasteiger partial charge in [0, 0.05) is 29.9 Å². The molecule has 2 aromatic carbocycles. The number of anilines is 1. The van der Waals surface area contributed by atoms with Gasteiger partial charge in [0.05, 0.1) is 12.8 Å². The molecule has 144 valence electrons. The molecule has 5 rings (SSSR count). The van der Waals surface area contributed by atoms with Gasteiger partial charge in [-0.1, -0.05) is 18.2 Å². The summed E-state index contributed by atoms with van der Waals surface area (Å²) in [6, 6.07) is 11.6. The Kier molecular flexibility index (Phi) is 4.00. The van der Waals surface area contributed by atoms with E-state index in [-0.39, 0.29) is 11.8 Å². The Balaban J connectivity index is 1.47. The molecule has 0 spiro atoms. The van der Waals surface area contributed by atoms with E-state index in [9.17, 15) is 9.59 Å². The van der Waals surface area contributed by atoms with Gasteiger partial charge in [0.25, 0.3) is 0 Å². The maximum Gasteiger partial charge on any atom is 0.239 e. The number of benzene rings is 2. The van der Waals surface area contributed by atoms with Gasteiger partial charge in [0.15, 0.2) is 0 Å². The molecule has 3 aromatic rings. The molecule has 1 N–H and O–H groups in total. The van der Waals surface area contributed by atoms with E-state index in [4.69, 9.17) is 9.15 Å². The molecule has 0 unspecified atom stereocenters. The molecule has 0 bridgehead atoms. The smallest absolute Gasteiger partial charge is 0.239 e. The number of hydrogen-bond acceptors (Lipinski definition) is 4. The fourth-order valence-corrected chi connectivity index (χ4v) is 3.97. The Labute approximate surface area is 162 Å². The van der Waals surface area contributed by atoms with Crippen LogP contribution in [-0.4, -0.2) is 32.0 Å². The van der Waals surface area contributed by atoms with E-state index in [1.165, 1.54) is 12.8 Å². The molecule has 2 amide bonds. The van der Waals surface area contributed by atoms with Crippen LogP contribution >= 0.6 is 0 Å². The fourth-order valence-electron chi connectivity index (χ4n) is 3.97. The number of furan rings is 1. The van der Waals surface area contributed by atoms with Crippen molar-refractivity contribution in [2.75, 3.05) is 25.1 Å². The predicted octanol–water partition coefficient (Wildman–Crippen LogP) is 3.47. The summed E-state index contributed by atoms with van der Waals surface area (Å²) >= 11 is 0. The van der Waals surface area contributed by atoms with Gasteiger partial charge in [-0.15, -0.1) is 0 Å². The fraction of sp³-hybridized carbons (Fsp3) is 0.364. The van der Waals surface area contributed by atoms with Crippen LogP contribution in [0.25, 0.3) is 21.9 Å². The molecule has 2 aliphatic rings. The highest BCUT2D eigenvalue weighted by Gasteiger charge is 2.39. The maximum absolute atomic E-state index is 13.0. The molecule has 6 heteroatoms. The van der Waals surface area contributed by atoms with Crippen molar-refractivity contribution in [3.05, 3.63) is 36.4 Å². The van der Waals surface area contributed by atoms with Crippen LogP contribution in [0.2, 0.25) is 0 Å². The topological polar surface area (TPSA) is 71.8 Å². The minimum atomic E-state index is -0.630. The standard InChI is InChI=1S/C22H22N2O4/c1-27-20-10-16-14-4-2-3-5-18(14)28-19(16)11-17(20)24-9-8-15(22(24)26)21(25)23-12-13-6-7-13/h2-5,10-11,13,15H,6-9,12H2,1H3,(H,23,25)/t15-/m0/s1. The molecule has 2 fully saturated rings. The Morgan fingerprint density at radius 1 is 1.18 bits per heavy atom. The molecule has 2 heterocycles. The van der Waals surface area contributed by atoms with Gasteiger partial charge in [-0.3, -0.25) is 9.59 Å². The molecular formula is C22H22N2O4. The van der Waals surface area contributed by atoms with Crippen LogP contribution < -0.4 is 15.0 Å². The van der Waals surface area contributed by atoms with Crippen molar-refractivity contribution in [3.8, 4) is 5.75 Å². The van der Waals surface area contributed by atoms with Crippen LogP contribution in [0, 0.1) is 11.8 Å². The molecule has 1 atom stereocenters. The number of carbonyl (C=O) groups is 2. The first-order valence-corrected chi connectivity index (χ1v) is 9.74. The van der Waals surface area contributed by atoms with Crippen molar-refractivity contribution in [2.45, 2.75) is 19.3 Å². The van der Waals surface area contributed by atoms with Crippen molar-refractivity contribution in [2.24, 2.45) is 11.8 Å². The Morgan fingerprint density at radius 3 is 2.79 bits per heavy atom. The lowest BCUT2D eigenvalue weighted by Gasteiger charge is -2.19. The van der Waals surface area contributed by atoms with Crippen LogP contribution in [0.3, 0.4) is 0 Å². The van der Waals surface area contributed by atoms with Gasteiger partial charge >= 0.3 is 0 Å². The molecule has 1 aromatic heterocycles. The van der Waals surface area contributed by atoms with Gasteiger partial charge in [-0.05, 0) is 37.3 Å². The zero-order valence-electron chi connectivity index (χ0n) is 15.7. The molecule has 6 nitrogen and oxygen atoms in total. The lowest BCUT2D eigenvalue weighted by Crippen LogP contribution is -2.37. The minimum Gasteiger partial charge on any atom is -0.495 e. The number of rotatable bonds is 5. The normalized spacial score (nSPS) is 19.5. The lowest BCUT2D eigenvalue weighted by molar-refractivity contribution is -0.132. The van der Waals surface area contributed by atoms with Gasteiger partial charge in [0.2, 0.25) is 11.8 Å². The summed E-state index contributed by atoms with van der Waals surface area (Å²) in [6.07, 6.45) is 2.84. The van der Waals surface area contributed by atoms with Crippen LogP contribution in [0.1, 0.15) is 19.3 Å². The third-order valence-electron chi connectivity index (χ3n) is 5.75. The van der Waals surface area contributed by atoms with Crippen LogP contribution in [-0.2, 0) is 9.59 Å². The highest BCUT2D eigenvalue weighted by atomic mass is 16.5. The van der Waals surface area contributed by atoms with Gasteiger partial charge in [-0.25, -0.2) is 0 Å². The summed E-state index contributed by atoms with van der Waals surface area (Å²) in [5.41, 5.74) is 2.14. The van der Waals surface area contributed by atoms with Crippen molar-refractivity contribution < 1.29 is 18.7 Å². The lowest BCUT2D eigenvalue weighted by atomic mass is 10.1. The van der Waals surface area contributed by atoms with E-state index in [2.05, 4.69) is 5.32 Å². The van der Waals surface area contributed by atoms with Crippen LogP contribution in [0.4, 0.5) is 5.69 Å². The predicted molar refractivity (Wildman–Crippen MR) is 106 cm³/mol. The Morgan fingerprint density at radius 2 is 2.00 bits per heavy atom. The summed E-state index contributed by atoms with van der Waals surface area (Å²) in [5, 5.41) is 4.88. The SMILES string of the molecule is COc1cc2c(cc1N1CC[C@@H](C(=O)NCC3CC3)C1=O)oc1ccccc12. The number of hydrogen-bond donors (Lipinski definition) is 1. The van der Waals surface area contributed by atoms with Crippen LogP contribution in [0.15, 0.2) is 40.8 Å². The number of ether oxygens (including phenoxy) is 1. The zero-order valence-corrected chi connectivity index (χ0v) is 15.7. The van der Waals surface area contributed by atoms with Crippen molar-refractivity contribution >= 4 is 39.4 Å². The summed E-state index contributed by atoms with van der Waals surface area (Å²) in [5.74, 6) is 0.221. The van der Waals surface area contributed by atoms with Crippen LogP contribution in [0.5, 0.6) is 5.75 Å². The molecule has 0 radical (unpaired) electrons. The second kappa shape index (κ2) is 6.55. The molecule has 28 heavy (non-hydrogen) atoms. The Bertz CT molecular complexity index is 1080. The van der Waals surface area contributed by atoms with E-state index in [0.29, 0.717) is 42.4 Å². The van der Waals surface area contributed by atoms with Gasteiger partial charge in [0.1, 0.15) is 22.8 Å². The zero-order chi connectivity index (χ0) is 19.3. The second-order valence-corrected chi connectivity index (χ2v) is 7.64. The average molecular weight is 378 g/mol. The maximum atomic E-state index is 13.0. The third-order valence-corrected chi connectivity index (χ3v) is 5.75. The summed E-state index contributed by atoms with van der Waals surface area (Å²) < 4.78 is 11.5. The Hall–Kier alpha value is -3.02. The number of methoxy groups -OCH3 is 1. The van der Waals surface area contributed by atoms with E-state index in [0.717, 1.165) is 16.4 Å². The van der Waals surface area contributed by atoms with Crippen molar-refractivity contribution in [1.29, 1.82) is 0 Å². The van der Waals surface area contributed by atoms with E-state index in [1.54, 1.807) is 12.0 Å². The number of nitrogens with zero attached hydrogens (tertiary/aromatic N) is 1. The second-order valence-electron chi connectivity index (χ2n) is 7.64. The number of nitrogens with one attached hydrogen (secondary N) is 1. The highest BCUT2D eigenvalue weighted by molar-refractivity contribution is 6.12. The van der Waals surface area contributed by atoms with Gasteiger partial charge in [-0.2, -0.15) is 0 Å². The first kappa shape index (κ1) is 17.1. The third kappa shape index (κ3) is 2.80. The monoisotopic (exact) mass is 378 g/mol. The molecule has 1 saturated carbocycles. The quantitative estimate of drug-likeness (QED) is 0.690. The van der Waals surface area contributed by atoms with Gasteiger partial charge < -0.3 is 19.4 Å². The molecule has 1 aliphatic heterocycles. The molecule has 1 saturated heterocycles. The number of amides is 2. The summed E-state index contributed by atoms with van der Waals surface area (Å²) in [7, 11) is 1.59. The molecular weight excluding hydrogens is 356 g/mol. The highest BCUT2D eigenvalue weighted by Crippen LogP contribution is 2.40. The molecule has 1 aliphatic carbocycles. The average Bonchev–Trinajstić information content (AvgIpc) is 3.36. The number of fused-ring (bicyclic) bond motifs is 3. The first-order chi connectivity index (χ1) is 13.7.